The van der Waals surface area contributed by atoms with Crippen LogP contribution in [0.25, 0.3) is 0 Å². The number of hydrogen-bond donors (Lipinski definition) is 2. The summed E-state index contributed by atoms with van der Waals surface area (Å²) in [5, 5.41) is 12.5. The van der Waals surface area contributed by atoms with Crippen LogP contribution in [-0.2, 0) is 4.74 Å². The molecule has 120 valence electrons. The van der Waals surface area contributed by atoms with E-state index in [0.29, 0.717) is 29.7 Å². The molecule has 2 N–H and O–H groups in total. The van der Waals surface area contributed by atoms with Crippen molar-refractivity contribution in [2.45, 2.75) is 31.0 Å². The van der Waals surface area contributed by atoms with Gasteiger partial charge in [-0.1, -0.05) is 11.6 Å². The highest BCUT2D eigenvalue weighted by atomic mass is 35.5. The van der Waals surface area contributed by atoms with Crippen LogP contribution in [0.4, 0.5) is 0 Å². The number of fused-ring (bicyclic) bond motifs is 1. The van der Waals surface area contributed by atoms with Crippen molar-refractivity contribution in [2.75, 3.05) is 26.3 Å². The third kappa shape index (κ3) is 3.57. The summed E-state index contributed by atoms with van der Waals surface area (Å²) in [6, 6.07) is 2.07. The van der Waals surface area contributed by atoms with E-state index >= 15 is 0 Å². The van der Waals surface area contributed by atoms with Crippen molar-refractivity contribution < 1.29 is 14.6 Å². The van der Waals surface area contributed by atoms with Crippen molar-refractivity contribution in [3.8, 4) is 0 Å². The third-order valence-corrected chi connectivity index (χ3v) is 4.45. The maximum atomic E-state index is 12.2. The Labute approximate surface area is 134 Å². The zero-order valence-corrected chi connectivity index (χ0v) is 13.0. The lowest BCUT2D eigenvalue weighted by Crippen LogP contribution is -2.46. The normalized spacial score (nSPS) is 28.4. The van der Waals surface area contributed by atoms with Gasteiger partial charge in [0.2, 0.25) is 0 Å². The van der Waals surface area contributed by atoms with Crippen LogP contribution >= 0.6 is 11.6 Å². The summed E-state index contributed by atoms with van der Waals surface area (Å²) in [5.74, 6) is -0.146. The summed E-state index contributed by atoms with van der Waals surface area (Å²) in [7, 11) is 0. The van der Waals surface area contributed by atoms with Crippen LogP contribution in [0.2, 0.25) is 5.02 Å². The Bertz CT molecular complexity index is 543. The number of carbonyl (C=O) groups is 1. The second-order valence-corrected chi connectivity index (χ2v) is 6.31. The second-order valence-electron chi connectivity index (χ2n) is 5.87. The van der Waals surface area contributed by atoms with Crippen LogP contribution in [0.15, 0.2) is 18.5 Å². The molecule has 2 aliphatic rings. The lowest BCUT2D eigenvalue weighted by molar-refractivity contribution is -0.0566. The van der Waals surface area contributed by atoms with E-state index in [2.05, 4.69) is 15.2 Å². The Morgan fingerprint density at radius 1 is 1.50 bits per heavy atom. The lowest BCUT2D eigenvalue weighted by atomic mass is 10.1. The molecule has 2 aliphatic heterocycles. The molecular weight excluding hydrogens is 306 g/mol. The summed E-state index contributed by atoms with van der Waals surface area (Å²) in [5.41, 5.74) is 0.478. The largest absolute Gasteiger partial charge is 0.396 e. The number of ether oxygens (including phenoxy) is 1. The smallest absolute Gasteiger partial charge is 0.253 e. The van der Waals surface area contributed by atoms with Gasteiger partial charge in [0.05, 0.1) is 23.3 Å². The van der Waals surface area contributed by atoms with Gasteiger partial charge in [0, 0.05) is 44.2 Å². The van der Waals surface area contributed by atoms with Crippen LogP contribution in [0.1, 0.15) is 23.2 Å². The molecule has 0 bridgehead atoms. The van der Waals surface area contributed by atoms with Crippen LogP contribution in [0.5, 0.6) is 0 Å². The predicted molar refractivity (Wildman–Crippen MR) is 81.9 cm³/mol. The first-order valence-corrected chi connectivity index (χ1v) is 7.91. The van der Waals surface area contributed by atoms with E-state index in [4.69, 9.17) is 21.4 Å². The van der Waals surface area contributed by atoms with Gasteiger partial charge in [-0.3, -0.25) is 14.7 Å². The quantitative estimate of drug-likeness (QED) is 0.852. The van der Waals surface area contributed by atoms with E-state index in [9.17, 15) is 4.79 Å². The molecule has 7 heteroatoms. The standard InChI is InChI=1S/C15H20ClN3O3/c16-11-3-10(5-17-6-11)15(21)18-12-4-13-9-22-14(1-2-20)8-19(13)7-12/h3,5-6,12-14,20H,1-2,4,7-9H2,(H,18,21)/t12-,13-,14-/m0/s1. The van der Waals surface area contributed by atoms with Crippen molar-refractivity contribution >= 4 is 17.5 Å². The zero-order valence-electron chi connectivity index (χ0n) is 12.2. The molecule has 1 aromatic heterocycles. The van der Waals surface area contributed by atoms with Crippen molar-refractivity contribution in [3.63, 3.8) is 0 Å². The first kappa shape index (κ1) is 15.7. The van der Waals surface area contributed by atoms with Gasteiger partial charge in [-0.25, -0.2) is 0 Å². The number of pyridine rings is 1. The van der Waals surface area contributed by atoms with Gasteiger partial charge in [-0.15, -0.1) is 0 Å². The number of carbonyl (C=O) groups excluding carboxylic acids is 1. The Morgan fingerprint density at radius 3 is 3.14 bits per heavy atom. The molecular formula is C15H20ClN3O3. The minimum Gasteiger partial charge on any atom is -0.396 e. The number of nitrogens with one attached hydrogen (secondary N) is 1. The van der Waals surface area contributed by atoms with Gasteiger partial charge in [-0.05, 0) is 18.9 Å². The average Bonchev–Trinajstić information content (AvgIpc) is 2.89. The predicted octanol–water partition coefficient (Wildman–Crippen LogP) is 0.689. The topological polar surface area (TPSA) is 74.7 Å². The molecule has 6 nitrogen and oxygen atoms in total. The Morgan fingerprint density at radius 2 is 2.36 bits per heavy atom. The number of hydrogen-bond acceptors (Lipinski definition) is 5. The van der Waals surface area contributed by atoms with Crippen molar-refractivity contribution in [3.05, 3.63) is 29.0 Å². The molecule has 0 saturated carbocycles. The number of aliphatic hydroxyl groups excluding tert-OH is 1. The monoisotopic (exact) mass is 325 g/mol. The molecule has 1 amide bonds. The molecule has 1 aromatic rings. The molecule has 3 atom stereocenters. The van der Waals surface area contributed by atoms with E-state index < -0.39 is 0 Å². The highest BCUT2D eigenvalue weighted by Gasteiger charge is 2.37. The molecule has 3 heterocycles. The Hall–Kier alpha value is -1.21. The van der Waals surface area contributed by atoms with E-state index in [1.165, 1.54) is 12.4 Å². The number of nitrogens with zero attached hydrogens (tertiary/aromatic N) is 2. The third-order valence-electron chi connectivity index (χ3n) is 4.24. The molecule has 2 saturated heterocycles. The van der Waals surface area contributed by atoms with Crippen LogP contribution in [-0.4, -0.2) is 65.4 Å². The minimum atomic E-state index is -0.146. The summed E-state index contributed by atoms with van der Waals surface area (Å²) in [4.78, 5) is 18.5. The maximum Gasteiger partial charge on any atom is 0.253 e. The Balaban J connectivity index is 1.56. The van der Waals surface area contributed by atoms with Gasteiger partial charge in [0.1, 0.15) is 0 Å². The summed E-state index contributed by atoms with van der Waals surface area (Å²) in [6.45, 7) is 2.44. The van der Waals surface area contributed by atoms with Gasteiger partial charge >= 0.3 is 0 Å². The molecule has 3 rings (SSSR count). The number of morpholine rings is 1. The molecule has 0 aromatic carbocycles. The summed E-state index contributed by atoms with van der Waals surface area (Å²) >= 11 is 5.86. The van der Waals surface area contributed by atoms with E-state index in [0.717, 1.165) is 19.5 Å². The van der Waals surface area contributed by atoms with Gasteiger partial charge < -0.3 is 15.2 Å². The van der Waals surface area contributed by atoms with Crippen LogP contribution < -0.4 is 5.32 Å². The average molecular weight is 326 g/mol. The number of amides is 1. The number of halogens is 1. The first-order valence-electron chi connectivity index (χ1n) is 7.53. The first-order chi connectivity index (χ1) is 10.7. The summed E-state index contributed by atoms with van der Waals surface area (Å²) < 4.78 is 5.74. The lowest BCUT2D eigenvalue weighted by Gasteiger charge is -2.34. The van der Waals surface area contributed by atoms with Crippen molar-refractivity contribution in [2.24, 2.45) is 0 Å². The molecule has 0 unspecified atom stereocenters. The number of aromatic nitrogens is 1. The molecule has 0 radical (unpaired) electrons. The fourth-order valence-corrected chi connectivity index (χ4v) is 3.34. The van der Waals surface area contributed by atoms with Crippen molar-refractivity contribution in [1.82, 2.24) is 15.2 Å². The second kappa shape index (κ2) is 6.91. The highest BCUT2D eigenvalue weighted by molar-refractivity contribution is 6.30. The van der Waals surface area contributed by atoms with E-state index in [1.807, 2.05) is 0 Å². The fraction of sp³-hybridized carbons (Fsp3) is 0.600. The molecule has 2 fully saturated rings. The highest BCUT2D eigenvalue weighted by Crippen LogP contribution is 2.24. The Kier molecular flexibility index (Phi) is 4.93. The van der Waals surface area contributed by atoms with Gasteiger partial charge in [0.25, 0.3) is 5.91 Å². The van der Waals surface area contributed by atoms with Crippen LogP contribution in [0, 0.1) is 0 Å². The van der Waals surface area contributed by atoms with Gasteiger partial charge in [0.15, 0.2) is 0 Å². The maximum absolute atomic E-state index is 12.2. The molecule has 0 aliphatic carbocycles. The van der Waals surface area contributed by atoms with Gasteiger partial charge in [-0.2, -0.15) is 0 Å². The SMILES string of the molecule is O=C(N[C@H]1C[C@H]2CO[C@@H](CCO)CN2C1)c1cncc(Cl)c1. The molecule has 0 spiro atoms. The molecule has 22 heavy (non-hydrogen) atoms. The zero-order chi connectivity index (χ0) is 15.5. The van der Waals surface area contributed by atoms with E-state index in [-0.39, 0.29) is 24.7 Å². The van der Waals surface area contributed by atoms with Crippen molar-refractivity contribution in [1.29, 1.82) is 0 Å². The minimum absolute atomic E-state index is 0.0906. The number of aliphatic hydroxyl groups is 1. The number of rotatable bonds is 4. The fourth-order valence-electron chi connectivity index (χ4n) is 3.17. The van der Waals surface area contributed by atoms with E-state index in [1.54, 1.807) is 6.07 Å². The van der Waals surface area contributed by atoms with Crippen LogP contribution in [0.3, 0.4) is 0 Å². The summed E-state index contributed by atoms with van der Waals surface area (Å²) in [6.07, 6.45) is 4.66.